The zero-order valence-electron chi connectivity index (χ0n) is 20.6. The number of aliphatic imine (C=N–C) groups is 1. The summed E-state index contributed by atoms with van der Waals surface area (Å²) >= 11 is 0. The summed E-state index contributed by atoms with van der Waals surface area (Å²) in [4.78, 5) is 86.5. The van der Waals surface area contributed by atoms with E-state index < -0.39 is 84.9 Å². The van der Waals surface area contributed by atoms with Crippen LogP contribution >= 0.6 is 0 Å². The average Bonchev–Trinajstić information content (AvgIpc) is 2.80. The largest absolute Gasteiger partial charge is 0.481 e. The van der Waals surface area contributed by atoms with Crippen LogP contribution in [0, 0.1) is 0 Å². The molecule has 0 aromatic heterocycles. The molecule has 4 unspecified atom stereocenters. The van der Waals surface area contributed by atoms with E-state index >= 15 is 0 Å². The Morgan fingerprint density at radius 1 is 0.684 bits per heavy atom. The van der Waals surface area contributed by atoms with Gasteiger partial charge >= 0.3 is 11.9 Å². The molecule has 18 heteroatoms. The quantitative estimate of drug-likeness (QED) is 0.0414. The number of hydrogen-bond donors (Lipinski definition) is 10. The average molecular weight is 546 g/mol. The summed E-state index contributed by atoms with van der Waals surface area (Å²) in [5.74, 6) is -7.67. The van der Waals surface area contributed by atoms with E-state index in [2.05, 4.69) is 20.9 Å². The van der Waals surface area contributed by atoms with Crippen LogP contribution < -0.4 is 44.6 Å². The molecule has 0 spiro atoms. The van der Waals surface area contributed by atoms with E-state index in [4.69, 9.17) is 33.8 Å². The molecule has 5 amide bonds. The van der Waals surface area contributed by atoms with Crippen molar-refractivity contribution < 1.29 is 43.8 Å². The molecular formula is C20H35N9O9. The number of amides is 5. The second kappa shape index (κ2) is 17.1. The third kappa shape index (κ3) is 14.8. The van der Waals surface area contributed by atoms with Gasteiger partial charge in [0.25, 0.3) is 0 Å². The number of aliphatic carboxylic acids is 2. The van der Waals surface area contributed by atoms with Crippen LogP contribution in [0.1, 0.15) is 44.9 Å². The maximum Gasteiger partial charge on any atom is 0.326 e. The number of nitrogens with zero attached hydrogens (tertiary/aromatic N) is 1. The molecule has 0 aromatic carbocycles. The summed E-state index contributed by atoms with van der Waals surface area (Å²) in [6.45, 7) is 0.0742. The smallest absolute Gasteiger partial charge is 0.326 e. The van der Waals surface area contributed by atoms with Crippen molar-refractivity contribution in [3.8, 4) is 0 Å². The minimum atomic E-state index is -1.66. The first kappa shape index (κ1) is 33.5. The summed E-state index contributed by atoms with van der Waals surface area (Å²) < 4.78 is 0. The van der Waals surface area contributed by atoms with E-state index in [-0.39, 0.29) is 38.2 Å². The first-order valence-corrected chi connectivity index (χ1v) is 11.4. The topological polar surface area (TPSA) is 338 Å². The second-order valence-electron chi connectivity index (χ2n) is 8.18. The van der Waals surface area contributed by atoms with Gasteiger partial charge in [-0.25, -0.2) is 4.79 Å². The van der Waals surface area contributed by atoms with Gasteiger partial charge in [0.1, 0.15) is 18.1 Å². The predicted molar refractivity (Wildman–Crippen MR) is 130 cm³/mol. The highest BCUT2D eigenvalue weighted by Crippen LogP contribution is 2.05. The fraction of sp³-hybridized carbons (Fsp3) is 0.600. The van der Waals surface area contributed by atoms with Crippen molar-refractivity contribution in [1.29, 1.82) is 0 Å². The van der Waals surface area contributed by atoms with Crippen LogP contribution in [-0.4, -0.2) is 88.4 Å². The van der Waals surface area contributed by atoms with E-state index in [0.717, 1.165) is 0 Å². The van der Waals surface area contributed by atoms with Crippen LogP contribution in [-0.2, 0) is 33.6 Å². The van der Waals surface area contributed by atoms with E-state index in [0.29, 0.717) is 0 Å². The predicted octanol–water partition coefficient (Wildman–Crippen LogP) is -5.09. The molecular weight excluding hydrogens is 510 g/mol. The van der Waals surface area contributed by atoms with Gasteiger partial charge in [-0.3, -0.25) is 33.8 Å². The summed E-state index contributed by atoms with van der Waals surface area (Å²) in [5.41, 5.74) is 26.4. The van der Waals surface area contributed by atoms with Gasteiger partial charge in [-0.05, 0) is 25.7 Å². The molecule has 0 heterocycles. The van der Waals surface area contributed by atoms with Crippen molar-refractivity contribution >= 4 is 47.4 Å². The molecule has 214 valence electrons. The lowest BCUT2D eigenvalue weighted by atomic mass is 10.1. The summed E-state index contributed by atoms with van der Waals surface area (Å²) in [6, 6.07) is -5.82. The molecule has 0 radical (unpaired) electrons. The van der Waals surface area contributed by atoms with Crippen molar-refractivity contribution in [2.75, 3.05) is 6.54 Å². The van der Waals surface area contributed by atoms with Crippen molar-refractivity contribution in [2.24, 2.45) is 33.7 Å². The molecule has 0 saturated heterocycles. The molecule has 4 atom stereocenters. The van der Waals surface area contributed by atoms with Crippen LogP contribution in [0.3, 0.4) is 0 Å². The van der Waals surface area contributed by atoms with Gasteiger partial charge in [0.2, 0.25) is 29.5 Å². The van der Waals surface area contributed by atoms with Crippen molar-refractivity contribution in [3.05, 3.63) is 0 Å². The van der Waals surface area contributed by atoms with Gasteiger partial charge in [-0.2, -0.15) is 0 Å². The normalized spacial score (nSPS) is 13.6. The summed E-state index contributed by atoms with van der Waals surface area (Å²) in [7, 11) is 0. The van der Waals surface area contributed by atoms with Crippen molar-refractivity contribution in [1.82, 2.24) is 16.0 Å². The Hall–Kier alpha value is -4.48. The standard InChI is InChI=1S/C20H35N9O9/c21-9(3-5-13(22)30)16(34)27-10(2-1-7-26-20(24)25)17(35)29-12(8-14(23)31)18(36)28-11(19(37)38)4-6-15(32)33/h9-12H,1-8,21H2,(H2,22,30)(H2,23,31)(H,27,34)(H,28,36)(H,29,35)(H,32,33)(H,37,38)(H4,24,25,26). The minimum absolute atomic E-state index is 0.0574. The monoisotopic (exact) mass is 545 g/mol. The van der Waals surface area contributed by atoms with Gasteiger partial charge in [-0.15, -0.1) is 0 Å². The number of carboxylic acid groups (broad SMARTS) is 2. The van der Waals surface area contributed by atoms with Crippen LogP contribution in [0.25, 0.3) is 0 Å². The first-order valence-electron chi connectivity index (χ1n) is 11.4. The first-order chi connectivity index (χ1) is 17.6. The molecule has 0 aliphatic carbocycles. The van der Waals surface area contributed by atoms with Gasteiger partial charge in [-0.1, -0.05) is 0 Å². The number of carboxylic acids is 2. The van der Waals surface area contributed by atoms with E-state index in [9.17, 15) is 38.7 Å². The molecule has 0 aliphatic rings. The molecule has 38 heavy (non-hydrogen) atoms. The van der Waals surface area contributed by atoms with E-state index in [1.165, 1.54) is 0 Å². The Labute approximate surface area is 217 Å². The number of guanidine groups is 1. The van der Waals surface area contributed by atoms with Gasteiger partial charge in [0.15, 0.2) is 5.96 Å². The maximum atomic E-state index is 13.0. The highest BCUT2D eigenvalue weighted by Gasteiger charge is 2.31. The number of nitrogens with two attached hydrogens (primary N) is 5. The molecule has 0 rings (SSSR count). The van der Waals surface area contributed by atoms with E-state index in [1.807, 2.05) is 0 Å². The minimum Gasteiger partial charge on any atom is -0.481 e. The van der Waals surface area contributed by atoms with Crippen LogP contribution in [0.4, 0.5) is 0 Å². The second-order valence-corrected chi connectivity index (χ2v) is 8.18. The fourth-order valence-electron chi connectivity index (χ4n) is 2.96. The number of hydrogen-bond acceptors (Lipinski definition) is 9. The lowest BCUT2D eigenvalue weighted by Crippen LogP contribution is -2.57. The Morgan fingerprint density at radius 3 is 1.74 bits per heavy atom. The summed E-state index contributed by atoms with van der Waals surface area (Å²) in [6.07, 6.45) is -1.97. The van der Waals surface area contributed by atoms with Crippen LogP contribution in [0.2, 0.25) is 0 Å². The van der Waals surface area contributed by atoms with Crippen LogP contribution in [0.5, 0.6) is 0 Å². The molecule has 0 bridgehead atoms. The van der Waals surface area contributed by atoms with Crippen molar-refractivity contribution in [3.63, 3.8) is 0 Å². The van der Waals surface area contributed by atoms with Gasteiger partial charge in [0, 0.05) is 19.4 Å². The number of nitrogens with one attached hydrogen (secondary N) is 3. The SMILES string of the molecule is NC(=O)CCC(N)C(=O)NC(CCCN=C(N)N)C(=O)NC(CC(N)=O)C(=O)NC(CCC(=O)O)C(=O)O. The molecule has 18 nitrogen and oxygen atoms in total. The third-order valence-corrected chi connectivity index (χ3v) is 4.92. The lowest BCUT2D eigenvalue weighted by Gasteiger charge is -2.24. The third-order valence-electron chi connectivity index (χ3n) is 4.92. The highest BCUT2D eigenvalue weighted by molar-refractivity contribution is 5.96. The van der Waals surface area contributed by atoms with Gasteiger partial charge in [0.05, 0.1) is 12.5 Å². The number of rotatable bonds is 19. The maximum absolute atomic E-state index is 13.0. The summed E-state index contributed by atoms with van der Waals surface area (Å²) in [5, 5.41) is 24.7. The lowest BCUT2D eigenvalue weighted by molar-refractivity contribution is -0.143. The highest BCUT2D eigenvalue weighted by atomic mass is 16.4. The molecule has 0 aromatic rings. The molecule has 0 saturated carbocycles. The number of carbonyl (C=O) groups excluding carboxylic acids is 5. The van der Waals surface area contributed by atoms with Gasteiger partial charge < -0.3 is 54.8 Å². The Balaban J connectivity index is 5.65. The molecule has 0 aliphatic heterocycles. The van der Waals surface area contributed by atoms with E-state index in [1.54, 1.807) is 0 Å². The van der Waals surface area contributed by atoms with Crippen LogP contribution in [0.15, 0.2) is 4.99 Å². The van der Waals surface area contributed by atoms with Crippen molar-refractivity contribution in [2.45, 2.75) is 69.1 Å². The fourth-order valence-corrected chi connectivity index (χ4v) is 2.96. The Bertz CT molecular complexity index is 922. The molecule has 15 N–H and O–H groups in total. The Morgan fingerprint density at radius 2 is 1.24 bits per heavy atom. The number of primary amides is 2. The Kier molecular flexibility index (Phi) is 15.0. The zero-order chi connectivity index (χ0) is 29.4. The zero-order valence-corrected chi connectivity index (χ0v) is 20.6. The molecule has 0 fully saturated rings. The number of carbonyl (C=O) groups is 7.